The Morgan fingerprint density at radius 3 is 1.97 bits per heavy atom. The number of hydrogen-bond donors (Lipinski definition) is 0. The van der Waals surface area contributed by atoms with Crippen LogP contribution in [0.2, 0.25) is 0 Å². The smallest absolute Gasteiger partial charge is 0.333 e. The Morgan fingerprint density at radius 2 is 1.48 bits per heavy atom. The molecule has 0 N–H and O–H groups in total. The van der Waals surface area contributed by atoms with Crippen LogP contribution < -0.4 is 0 Å². The van der Waals surface area contributed by atoms with E-state index in [4.69, 9.17) is 14.2 Å². The molecule has 7 heteroatoms. The SMILES string of the molecule is C=C(C)C(=O)OCC(C)(COC(=O)Cc1cccc(SC)c1)COC(=O)C(=C)C. The minimum Gasteiger partial charge on any atom is -0.465 e. The fraction of sp³-hybridized carbons (Fsp3) is 0.409. The molecule has 158 valence electrons. The number of benzene rings is 1. The van der Waals surface area contributed by atoms with Crippen LogP contribution in [-0.2, 0) is 35.0 Å². The van der Waals surface area contributed by atoms with E-state index in [-0.39, 0.29) is 37.4 Å². The fourth-order valence-electron chi connectivity index (χ4n) is 2.11. The van der Waals surface area contributed by atoms with Crippen LogP contribution in [0.25, 0.3) is 0 Å². The van der Waals surface area contributed by atoms with Gasteiger partial charge in [0, 0.05) is 16.0 Å². The Kier molecular flexibility index (Phi) is 9.68. The van der Waals surface area contributed by atoms with Crippen molar-refractivity contribution in [1.29, 1.82) is 0 Å². The summed E-state index contributed by atoms with van der Waals surface area (Å²) in [5.74, 6) is -1.56. The van der Waals surface area contributed by atoms with Crippen LogP contribution in [0, 0.1) is 5.41 Å². The number of hydrogen-bond acceptors (Lipinski definition) is 7. The molecule has 0 fully saturated rings. The van der Waals surface area contributed by atoms with E-state index in [2.05, 4.69) is 13.2 Å². The number of carbonyl (C=O) groups is 3. The largest absolute Gasteiger partial charge is 0.465 e. The molecule has 0 aliphatic heterocycles. The predicted octanol–water partition coefficient (Wildman–Crippen LogP) is 3.74. The molecule has 0 aromatic heterocycles. The zero-order valence-corrected chi connectivity index (χ0v) is 18.2. The maximum Gasteiger partial charge on any atom is 0.333 e. The third-order valence-corrected chi connectivity index (χ3v) is 4.59. The van der Waals surface area contributed by atoms with Crippen LogP contribution in [-0.4, -0.2) is 44.0 Å². The monoisotopic (exact) mass is 420 g/mol. The molecule has 0 unspecified atom stereocenters. The summed E-state index contributed by atoms with van der Waals surface area (Å²) in [5.41, 5.74) is 0.423. The van der Waals surface area contributed by atoms with Gasteiger partial charge in [0.25, 0.3) is 0 Å². The number of thioether (sulfide) groups is 1. The lowest BCUT2D eigenvalue weighted by molar-refractivity contribution is -0.157. The van der Waals surface area contributed by atoms with Gasteiger partial charge in [-0.05, 0) is 44.7 Å². The second-order valence-electron chi connectivity index (χ2n) is 7.21. The second-order valence-corrected chi connectivity index (χ2v) is 8.09. The molecular weight excluding hydrogens is 392 g/mol. The molecule has 0 aliphatic rings. The predicted molar refractivity (Wildman–Crippen MR) is 113 cm³/mol. The topological polar surface area (TPSA) is 78.9 Å². The molecule has 1 rings (SSSR count). The average molecular weight is 421 g/mol. The third-order valence-electron chi connectivity index (χ3n) is 3.86. The van der Waals surface area contributed by atoms with Crippen molar-refractivity contribution < 1.29 is 28.6 Å². The highest BCUT2D eigenvalue weighted by molar-refractivity contribution is 7.98. The molecule has 29 heavy (non-hydrogen) atoms. The summed E-state index contributed by atoms with van der Waals surface area (Å²) in [6, 6.07) is 7.62. The highest BCUT2D eigenvalue weighted by Crippen LogP contribution is 2.21. The van der Waals surface area contributed by atoms with Gasteiger partial charge in [-0.15, -0.1) is 11.8 Å². The van der Waals surface area contributed by atoms with Crippen molar-refractivity contribution in [2.75, 3.05) is 26.1 Å². The third kappa shape index (κ3) is 9.00. The van der Waals surface area contributed by atoms with Crippen LogP contribution in [0.15, 0.2) is 53.5 Å². The van der Waals surface area contributed by atoms with Gasteiger partial charge < -0.3 is 14.2 Å². The van der Waals surface area contributed by atoms with E-state index in [9.17, 15) is 14.4 Å². The van der Waals surface area contributed by atoms with Crippen LogP contribution in [0.3, 0.4) is 0 Å². The van der Waals surface area contributed by atoms with Crippen LogP contribution in [0.5, 0.6) is 0 Å². The molecule has 0 radical (unpaired) electrons. The zero-order chi connectivity index (χ0) is 22.0. The molecule has 6 nitrogen and oxygen atoms in total. The molecule has 0 aliphatic carbocycles. The first-order valence-corrected chi connectivity index (χ1v) is 10.2. The van der Waals surface area contributed by atoms with Crippen molar-refractivity contribution in [3.63, 3.8) is 0 Å². The number of carbonyl (C=O) groups excluding carboxylic acids is 3. The molecule has 0 amide bonds. The van der Waals surface area contributed by atoms with Crippen molar-refractivity contribution >= 4 is 29.7 Å². The molecule has 0 atom stereocenters. The van der Waals surface area contributed by atoms with E-state index in [0.717, 1.165) is 10.5 Å². The minimum absolute atomic E-state index is 0.0823. The van der Waals surface area contributed by atoms with Crippen molar-refractivity contribution in [3.05, 3.63) is 54.1 Å². The maximum absolute atomic E-state index is 12.3. The lowest BCUT2D eigenvalue weighted by Crippen LogP contribution is -2.37. The van der Waals surface area contributed by atoms with E-state index >= 15 is 0 Å². The second kappa shape index (κ2) is 11.5. The quantitative estimate of drug-likeness (QED) is 0.233. The first-order chi connectivity index (χ1) is 13.6. The number of esters is 3. The van der Waals surface area contributed by atoms with Crippen LogP contribution in [0.1, 0.15) is 26.3 Å². The summed E-state index contributed by atoms with van der Waals surface area (Å²) < 4.78 is 15.8. The molecule has 0 saturated heterocycles. The molecule has 0 spiro atoms. The van der Waals surface area contributed by atoms with Gasteiger partial charge in [-0.2, -0.15) is 0 Å². The van der Waals surface area contributed by atoms with Crippen molar-refractivity contribution in [3.8, 4) is 0 Å². The van der Waals surface area contributed by atoms with E-state index in [1.165, 1.54) is 13.8 Å². The first-order valence-electron chi connectivity index (χ1n) is 9.00. The summed E-state index contributed by atoms with van der Waals surface area (Å²) in [7, 11) is 0. The van der Waals surface area contributed by atoms with Crippen LogP contribution in [0.4, 0.5) is 0 Å². The van der Waals surface area contributed by atoms with E-state index in [0.29, 0.717) is 0 Å². The highest BCUT2D eigenvalue weighted by Gasteiger charge is 2.31. The van der Waals surface area contributed by atoms with Gasteiger partial charge >= 0.3 is 17.9 Å². The van der Waals surface area contributed by atoms with E-state index in [1.54, 1.807) is 18.7 Å². The molecule has 0 heterocycles. The Balaban J connectivity index is 2.74. The van der Waals surface area contributed by atoms with E-state index < -0.39 is 23.3 Å². The number of ether oxygens (including phenoxy) is 3. The summed E-state index contributed by atoms with van der Waals surface area (Å²) in [6.07, 6.45) is 2.07. The van der Waals surface area contributed by atoms with Gasteiger partial charge in [0.15, 0.2) is 0 Å². The normalized spacial score (nSPS) is 10.8. The van der Waals surface area contributed by atoms with Crippen molar-refractivity contribution in [2.24, 2.45) is 5.41 Å². The lowest BCUT2D eigenvalue weighted by atomic mass is 9.94. The Morgan fingerprint density at radius 1 is 0.966 bits per heavy atom. The Bertz CT molecular complexity index is 753. The van der Waals surface area contributed by atoms with Gasteiger partial charge in [-0.25, -0.2) is 9.59 Å². The average Bonchev–Trinajstić information content (AvgIpc) is 2.68. The van der Waals surface area contributed by atoms with E-state index in [1.807, 2.05) is 30.5 Å². The van der Waals surface area contributed by atoms with Gasteiger partial charge in [-0.3, -0.25) is 4.79 Å². The first kappa shape index (κ1) is 24.5. The Labute approximate surface area is 176 Å². The molecule has 1 aromatic carbocycles. The summed E-state index contributed by atoms with van der Waals surface area (Å²) in [6.45, 7) is 11.5. The summed E-state index contributed by atoms with van der Waals surface area (Å²) >= 11 is 1.59. The van der Waals surface area contributed by atoms with Crippen molar-refractivity contribution in [2.45, 2.75) is 32.1 Å². The Hall–Kier alpha value is -2.54. The summed E-state index contributed by atoms with van der Waals surface area (Å²) in [5, 5.41) is 0. The molecule has 0 saturated carbocycles. The fourth-order valence-corrected chi connectivity index (χ4v) is 2.59. The van der Waals surface area contributed by atoms with Crippen molar-refractivity contribution in [1.82, 2.24) is 0 Å². The van der Waals surface area contributed by atoms with Crippen LogP contribution >= 0.6 is 11.8 Å². The van der Waals surface area contributed by atoms with Gasteiger partial charge in [0.1, 0.15) is 19.8 Å². The molecule has 1 aromatic rings. The van der Waals surface area contributed by atoms with Gasteiger partial charge in [0.05, 0.1) is 11.8 Å². The maximum atomic E-state index is 12.3. The van der Waals surface area contributed by atoms with Gasteiger partial charge in [-0.1, -0.05) is 25.3 Å². The minimum atomic E-state index is -0.910. The van der Waals surface area contributed by atoms with Gasteiger partial charge in [0.2, 0.25) is 0 Å². The molecule has 0 bridgehead atoms. The molecular formula is C22H28O6S. The summed E-state index contributed by atoms with van der Waals surface area (Å²) in [4.78, 5) is 36.8. The lowest BCUT2D eigenvalue weighted by Gasteiger charge is -2.28. The number of rotatable bonds is 11. The zero-order valence-electron chi connectivity index (χ0n) is 17.4. The highest BCUT2D eigenvalue weighted by atomic mass is 32.2. The standard InChI is InChI=1S/C22H28O6S/c1-15(2)20(24)27-13-22(5,14-28-21(25)16(3)4)12-26-19(23)11-17-8-7-9-18(10-17)29-6/h7-10H,1,3,11-14H2,2,4-6H3.